The van der Waals surface area contributed by atoms with Crippen molar-refractivity contribution in [3.63, 3.8) is 0 Å². The predicted octanol–water partition coefficient (Wildman–Crippen LogP) is 0.721. The van der Waals surface area contributed by atoms with Gasteiger partial charge in [-0.15, -0.1) is 0 Å². The van der Waals surface area contributed by atoms with Gasteiger partial charge in [0.1, 0.15) is 0 Å². The maximum Gasteiger partial charge on any atom is 0.328 e. The highest BCUT2D eigenvalue weighted by atomic mass is 16.4. The van der Waals surface area contributed by atoms with E-state index in [1.165, 1.54) is 6.08 Å². The summed E-state index contributed by atoms with van der Waals surface area (Å²) in [6.45, 7) is 1.65. The predicted molar refractivity (Wildman–Crippen MR) is 68.3 cm³/mol. The summed E-state index contributed by atoms with van der Waals surface area (Å²) in [5, 5.41) is 11.7. The van der Waals surface area contributed by atoms with Gasteiger partial charge in [0, 0.05) is 19.2 Å². The van der Waals surface area contributed by atoms with Gasteiger partial charge in [-0.1, -0.05) is 18.2 Å². The number of carbonyl (C=O) groups excluding carboxylic acids is 1. The van der Waals surface area contributed by atoms with E-state index in [9.17, 15) is 9.59 Å². The number of amides is 1. The number of rotatable bonds is 3. The quantitative estimate of drug-likeness (QED) is 0.771. The number of benzene rings is 1. The minimum atomic E-state index is -1.00. The van der Waals surface area contributed by atoms with Gasteiger partial charge < -0.3 is 15.3 Å². The molecule has 1 fully saturated rings. The molecule has 5 heteroatoms. The van der Waals surface area contributed by atoms with E-state index in [0.717, 1.165) is 23.9 Å². The molecule has 1 saturated heterocycles. The molecule has 1 heterocycles. The Balaban J connectivity index is 2.31. The van der Waals surface area contributed by atoms with Gasteiger partial charge >= 0.3 is 5.97 Å². The molecule has 0 spiro atoms. The molecule has 0 saturated carbocycles. The van der Waals surface area contributed by atoms with Gasteiger partial charge in [0.05, 0.1) is 12.2 Å². The fourth-order valence-corrected chi connectivity index (χ4v) is 1.90. The number of hydrogen-bond acceptors (Lipinski definition) is 3. The molecule has 2 N–H and O–H groups in total. The van der Waals surface area contributed by atoms with Crippen LogP contribution in [0.4, 0.5) is 5.69 Å². The molecule has 1 aliphatic heterocycles. The number of carboxylic acids is 1. The van der Waals surface area contributed by atoms with Gasteiger partial charge in [-0.3, -0.25) is 4.79 Å². The SMILES string of the molecule is O=C(O)C=Cc1ccccc1N1CCNCC1=O. The zero-order valence-electron chi connectivity index (χ0n) is 9.80. The molecular weight excluding hydrogens is 232 g/mol. The van der Waals surface area contributed by atoms with Crippen LogP contribution in [0.25, 0.3) is 6.08 Å². The van der Waals surface area contributed by atoms with Crippen molar-refractivity contribution >= 4 is 23.6 Å². The molecule has 94 valence electrons. The van der Waals surface area contributed by atoms with E-state index in [-0.39, 0.29) is 5.91 Å². The van der Waals surface area contributed by atoms with E-state index >= 15 is 0 Å². The summed E-state index contributed by atoms with van der Waals surface area (Å²) in [5.74, 6) is -1.01. The third-order valence-electron chi connectivity index (χ3n) is 2.72. The third kappa shape index (κ3) is 2.75. The number of nitrogens with one attached hydrogen (secondary N) is 1. The number of aliphatic carboxylic acids is 1. The first-order valence-corrected chi connectivity index (χ1v) is 5.69. The van der Waals surface area contributed by atoms with E-state index in [2.05, 4.69) is 5.32 Å². The van der Waals surface area contributed by atoms with Crippen LogP contribution in [0.5, 0.6) is 0 Å². The molecule has 0 radical (unpaired) electrons. The van der Waals surface area contributed by atoms with Gasteiger partial charge in [0.25, 0.3) is 0 Å². The topological polar surface area (TPSA) is 69.6 Å². The third-order valence-corrected chi connectivity index (χ3v) is 2.72. The van der Waals surface area contributed by atoms with E-state index < -0.39 is 5.97 Å². The maximum atomic E-state index is 11.8. The molecule has 0 bridgehead atoms. The van der Waals surface area contributed by atoms with Crippen molar-refractivity contribution in [2.45, 2.75) is 0 Å². The summed E-state index contributed by atoms with van der Waals surface area (Å²) in [5.41, 5.74) is 1.48. The zero-order valence-corrected chi connectivity index (χ0v) is 9.80. The summed E-state index contributed by atoms with van der Waals surface area (Å²) in [6, 6.07) is 7.27. The molecule has 0 unspecified atom stereocenters. The van der Waals surface area contributed by atoms with E-state index in [1.54, 1.807) is 11.0 Å². The minimum absolute atomic E-state index is 0.00238. The number of hydrogen-bond donors (Lipinski definition) is 2. The van der Waals surface area contributed by atoms with Crippen molar-refractivity contribution < 1.29 is 14.7 Å². The maximum absolute atomic E-state index is 11.8. The summed E-state index contributed by atoms with van der Waals surface area (Å²) in [6.07, 6.45) is 2.58. The standard InChI is InChI=1S/C13H14N2O3/c16-12-9-14-7-8-15(12)11-4-2-1-3-10(11)5-6-13(17)18/h1-6,14H,7-9H2,(H,17,18). The number of para-hydroxylation sites is 1. The Morgan fingerprint density at radius 1 is 1.39 bits per heavy atom. The highest BCUT2D eigenvalue weighted by Gasteiger charge is 2.20. The van der Waals surface area contributed by atoms with Crippen LogP contribution in [0.2, 0.25) is 0 Å². The Morgan fingerprint density at radius 2 is 2.17 bits per heavy atom. The molecule has 2 rings (SSSR count). The Morgan fingerprint density at radius 3 is 2.89 bits per heavy atom. The van der Waals surface area contributed by atoms with Gasteiger partial charge in [0.2, 0.25) is 5.91 Å². The first-order chi connectivity index (χ1) is 8.68. The van der Waals surface area contributed by atoms with Gasteiger partial charge in [-0.2, -0.15) is 0 Å². The fraction of sp³-hybridized carbons (Fsp3) is 0.231. The second kappa shape index (κ2) is 5.46. The Hall–Kier alpha value is -2.14. The molecule has 1 aliphatic rings. The first kappa shape index (κ1) is 12.3. The van der Waals surface area contributed by atoms with Gasteiger partial charge in [-0.05, 0) is 17.7 Å². The molecule has 1 amide bonds. The van der Waals surface area contributed by atoms with Crippen molar-refractivity contribution in [1.82, 2.24) is 5.32 Å². The Bertz CT molecular complexity index is 497. The smallest absolute Gasteiger partial charge is 0.328 e. The number of anilines is 1. The van der Waals surface area contributed by atoms with Crippen LogP contribution in [0, 0.1) is 0 Å². The van der Waals surface area contributed by atoms with Crippen LogP contribution in [-0.4, -0.2) is 36.6 Å². The summed E-state index contributed by atoms with van der Waals surface area (Å²) >= 11 is 0. The van der Waals surface area contributed by atoms with Crippen molar-refractivity contribution in [3.8, 4) is 0 Å². The monoisotopic (exact) mass is 246 g/mol. The van der Waals surface area contributed by atoms with E-state index in [4.69, 9.17) is 5.11 Å². The molecule has 0 aliphatic carbocycles. The molecule has 1 aromatic carbocycles. The fourth-order valence-electron chi connectivity index (χ4n) is 1.90. The largest absolute Gasteiger partial charge is 0.478 e. The summed E-state index contributed by atoms with van der Waals surface area (Å²) in [7, 11) is 0. The lowest BCUT2D eigenvalue weighted by atomic mass is 10.1. The molecule has 18 heavy (non-hydrogen) atoms. The second-order valence-electron chi connectivity index (χ2n) is 3.95. The lowest BCUT2D eigenvalue weighted by Gasteiger charge is -2.28. The zero-order chi connectivity index (χ0) is 13.0. The van der Waals surface area contributed by atoms with Crippen LogP contribution in [0.3, 0.4) is 0 Å². The molecule has 0 aromatic heterocycles. The van der Waals surface area contributed by atoms with E-state index in [0.29, 0.717) is 13.1 Å². The average Bonchev–Trinajstić information content (AvgIpc) is 2.37. The molecule has 1 aromatic rings. The summed E-state index contributed by atoms with van der Waals surface area (Å²) < 4.78 is 0. The molecular formula is C13H14N2O3. The number of piperazine rings is 1. The van der Waals surface area contributed by atoms with Crippen molar-refractivity contribution in [2.75, 3.05) is 24.5 Å². The van der Waals surface area contributed by atoms with Crippen molar-refractivity contribution in [2.24, 2.45) is 0 Å². The number of carboxylic acid groups (broad SMARTS) is 1. The highest BCUT2D eigenvalue weighted by Crippen LogP contribution is 2.22. The van der Waals surface area contributed by atoms with Crippen LogP contribution in [0.1, 0.15) is 5.56 Å². The molecule has 0 atom stereocenters. The van der Waals surface area contributed by atoms with E-state index in [1.807, 2.05) is 18.2 Å². The Kier molecular flexibility index (Phi) is 3.74. The van der Waals surface area contributed by atoms with Crippen LogP contribution in [0.15, 0.2) is 30.3 Å². The Labute approximate surface area is 105 Å². The average molecular weight is 246 g/mol. The summed E-state index contributed by atoms with van der Waals surface area (Å²) in [4.78, 5) is 24.0. The van der Waals surface area contributed by atoms with Crippen molar-refractivity contribution in [1.29, 1.82) is 0 Å². The normalized spacial score (nSPS) is 16.2. The van der Waals surface area contributed by atoms with Crippen molar-refractivity contribution in [3.05, 3.63) is 35.9 Å². The lowest BCUT2D eigenvalue weighted by molar-refractivity contribution is -0.131. The first-order valence-electron chi connectivity index (χ1n) is 5.69. The molecule has 5 nitrogen and oxygen atoms in total. The van der Waals surface area contributed by atoms with Crippen LogP contribution in [-0.2, 0) is 9.59 Å². The lowest BCUT2D eigenvalue weighted by Crippen LogP contribution is -2.48. The highest BCUT2D eigenvalue weighted by molar-refractivity contribution is 5.98. The second-order valence-corrected chi connectivity index (χ2v) is 3.95. The van der Waals surface area contributed by atoms with Crippen LogP contribution < -0.4 is 10.2 Å². The van der Waals surface area contributed by atoms with Crippen LogP contribution >= 0.6 is 0 Å². The minimum Gasteiger partial charge on any atom is -0.478 e. The number of carbonyl (C=O) groups is 2. The number of nitrogens with zero attached hydrogens (tertiary/aromatic N) is 1. The van der Waals surface area contributed by atoms with Gasteiger partial charge in [-0.25, -0.2) is 4.79 Å². The van der Waals surface area contributed by atoms with Gasteiger partial charge in [0.15, 0.2) is 0 Å².